The highest BCUT2D eigenvalue weighted by atomic mass is 35.5. The molecule has 1 atom stereocenters. The van der Waals surface area contributed by atoms with Crippen molar-refractivity contribution in [2.75, 3.05) is 45.2 Å². The first-order valence-corrected chi connectivity index (χ1v) is 14.1. The predicted octanol–water partition coefficient (Wildman–Crippen LogP) is 4.49. The van der Waals surface area contributed by atoms with E-state index in [0.717, 1.165) is 25.1 Å². The molecule has 1 aliphatic rings. The van der Waals surface area contributed by atoms with Crippen LogP contribution in [0.25, 0.3) is 11.3 Å². The fourth-order valence-electron chi connectivity index (χ4n) is 4.47. The molecule has 2 aromatic carbocycles. The second-order valence-corrected chi connectivity index (χ2v) is 10.2. The van der Waals surface area contributed by atoms with E-state index in [0.29, 0.717) is 24.3 Å². The van der Waals surface area contributed by atoms with E-state index in [4.69, 9.17) is 20.9 Å². The molecule has 0 aliphatic carbocycles. The van der Waals surface area contributed by atoms with Crippen molar-refractivity contribution in [1.29, 1.82) is 0 Å². The second kappa shape index (κ2) is 15.2. The highest BCUT2D eigenvalue weighted by molar-refractivity contribution is 6.31. The number of rotatable bonds is 10. The van der Waals surface area contributed by atoms with Gasteiger partial charge in [0.05, 0.1) is 11.1 Å². The molecule has 1 saturated heterocycles. The summed E-state index contributed by atoms with van der Waals surface area (Å²) in [5, 5.41) is 12.4. The first-order chi connectivity index (χ1) is 20.3. The summed E-state index contributed by atoms with van der Waals surface area (Å²) in [6.45, 7) is 2.63. The van der Waals surface area contributed by atoms with Crippen molar-refractivity contribution in [2.24, 2.45) is 0 Å². The van der Waals surface area contributed by atoms with Crippen LogP contribution in [-0.2, 0) is 16.1 Å². The second-order valence-electron chi connectivity index (χ2n) is 9.83. The maximum Gasteiger partial charge on any atom is 0.414 e. The van der Waals surface area contributed by atoms with Gasteiger partial charge in [-0.1, -0.05) is 59.2 Å². The Hall–Kier alpha value is -4.16. The van der Waals surface area contributed by atoms with E-state index in [2.05, 4.69) is 21.1 Å². The SMILES string of the molecule is CN(C(=O)NCc1cccc(F)c1Cl)[C@@H](CCC(=O)N1CCCNCC1)COC(=O)Nc1cc(-c2ccccc2)no1. The number of ether oxygens (including phenoxy) is 1. The summed E-state index contributed by atoms with van der Waals surface area (Å²) in [6.07, 6.45) is 0.463. The number of nitrogens with zero attached hydrogens (tertiary/aromatic N) is 3. The predicted molar refractivity (Wildman–Crippen MR) is 155 cm³/mol. The normalized spacial score (nSPS) is 14.0. The van der Waals surface area contributed by atoms with Crippen LogP contribution in [0.15, 0.2) is 59.1 Å². The molecule has 0 unspecified atom stereocenters. The number of amides is 4. The zero-order valence-electron chi connectivity index (χ0n) is 23.3. The van der Waals surface area contributed by atoms with Crippen molar-refractivity contribution in [3.63, 3.8) is 0 Å². The van der Waals surface area contributed by atoms with Crippen LogP contribution in [0.1, 0.15) is 24.8 Å². The fourth-order valence-corrected chi connectivity index (χ4v) is 4.66. The van der Waals surface area contributed by atoms with Crippen LogP contribution in [0.2, 0.25) is 5.02 Å². The van der Waals surface area contributed by atoms with Gasteiger partial charge in [0.25, 0.3) is 0 Å². The first-order valence-electron chi connectivity index (χ1n) is 13.7. The number of hydrogen-bond acceptors (Lipinski definition) is 7. The highest BCUT2D eigenvalue weighted by Gasteiger charge is 2.25. The number of hydrogen-bond donors (Lipinski definition) is 3. The smallest absolute Gasteiger partial charge is 0.414 e. The third kappa shape index (κ3) is 8.67. The standard InChI is InChI=1S/C29H34ClFN6O5/c1-36(28(39)33-18-21-9-5-10-23(31)27(21)30)22(11-12-26(38)37-15-6-13-32-14-16-37)19-41-29(40)34-25-17-24(35-42-25)20-7-3-2-4-8-20/h2-5,7-10,17,22,32H,6,11-16,18-19H2,1H3,(H,33,39)(H,34,40)/t22-/m0/s1. The van der Waals surface area contributed by atoms with E-state index in [1.165, 1.54) is 24.1 Å². The number of halogens is 2. The van der Waals surface area contributed by atoms with Gasteiger partial charge in [-0.15, -0.1) is 0 Å². The maximum atomic E-state index is 13.8. The quantitative estimate of drug-likeness (QED) is 0.313. The van der Waals surface area contributed by atoms with E-state index >= 15 is 0 Å². The summed E-state index contributed by atoms with van der Waals surface area (Å²) in [4.78, 5) is 41.7. The van der Waals surface area contributed by atoms with Crippen molar-refractivity contribution < 1.29 is 28.0 Å². The average Bonchev–Trinajstić information content (AvgIpc) is 3.28. The van der Waals surface area contributed by atoms with Crippen LogP contribution in [0.3, 0.4) is 0 Å². The monoisotopic (exact) mass is 600 g/mol. The van der Waals surface area contributed by atoms with Crippen molar-refractivity contribution in [2.45, 2.75) is 31.8 Å². The van der Waals surface area contributed by atoms with Gasteiger partial charge in [-0.3, -0.25) is 10.1 Å². The average molecular weight is 601 g/mol. The van der Waals surface area contributed by atoms with Crippen molar-refractivity contribution in [1.82, 2.24) is 25.6 Å². The lowest BCUT2D eigenvalue weighted by Gasteiger charge is -2.29. The Bertz CT molecular complexity index is 1350. The highest BCUT2D eigenvalue weighted by Crippen LogP contribution is 2.22. The Kier molecular flexibility index (Phi) is 11.1. The van der Waals surface area contributed by atoms with Gasteiger partial charge in [0.15, 0.2) is 0 Å². The van der Waals surface area contributed by atoms with Crippen LogP contribution in [0, 0.1) is 5.82 Å². The summed E-state index contributed by atoms with van der Waals surface area (Å²) in [7, 11) is 1.54. The summed E-state index contributed by atoms with van der Waals surface area (Å²) in [5.74, 6) is -0.527. The molecule has 0 saturated carbocycles. The third-order valence-corrected chi connectivity index (χ3v) is 7.35. The number of nitrogens with one attached hydrogen (secondary N) is 3. The minimum absolute atomic E-state index is 0.0111. The third-order valence-electron chi connectivity index (χ3n) is 6.93. The van der Waals surface area contributed by atoms with Crippen molar-refractivity contribution in [3.8, 4) is 11.3 Å². The number of carbonyl (C=O) groups excluding carboxylic acids is 3. The lowest BCUT2D eigenvalue weighted by atomic mass is 10.1. The molecule has 1 aliphatic heterocycles. The molecule has 1 aromatic heterocycles. The Labute approximate surface area is 248 Å². The maximum absolute atomic E-state index is 13.8. The molecular weight excluding hydrogens is 567 g/mol. The molecule has 0 spiro atoms. The van der Waals surface area contributed by atoms with Crippen LogP contribution in [0.5, 0.6) is 0 Å². The zero-order chi connectivity index (χ0) is 29.9. The van der Waals surface area contributed by atoms with Gasteiger partial charge >= 0.3 is 12.1 Å². The molecular formula is C29H34ClFN6O5. The lowest BCUT2D eigenvalue weighted by molar-refractivity contribution is -0.131. The van der Waals surface area contributed by atoms with E-state index in [9.17, 15) is 18.8 Å². The minimum Gasteiger partial charge on any atom is -0.447 e. The molecule has 2 heterocycles. The summed E-state index contributed by atoms with van der Waals surface area (Å²) in [6, 6.07) is 14.1. The summed E-state index contributed by atoms with van der Waals surface area (Å²) >= 11 is 6.01. The molecule has 0 bridgehead atoms. The van der Waals surface area contributed by atoms with E-state index < -0.39 is 24.0 Å². The number of likely N-dealkylation sites (N-methyl/N-ethyl adjacent to an activating group) is 1. The Morgan fingerprint density at radius 1 is 1.17 bits per heavy atom. The van der Waals surface area contributed by atoms with Crippen LogP contribution < -0.4 is 16.0 Å². The number of aromatic nitrogens is 1. The molecule has 1 fully saturated rings. The molecule has 3 aromatic rings. The van der Waals surface area contributed by atoms with E-state index in [1.807, 2.05) is 30.3 Å². The van der Waals surface area contributed by atoms with Gasteiger partial charge in [0.2, 0.25) is 11.8 Å². The van der Waals surface area contributed by atoms with Crippen LogP contribution in [-0.4, -0.2) is 78.9 Å². The molecule has 224 valence electrons. The Morgan fingerprint density at radius 3 is 2.79 bits per heavy atom. The first kappa shape index (κ1) is 30.8. The van der Waals surface area contributed by atoms with Crippen LogP contribution >= 0.6 is 11.6 Å². The molecule has 0 radical (unpaired) electrons. The lowest BCUT2D eigenvalue weighted by Crippen LogP contribution is -2.46. The van der Waals surface area contributed by atoms with Gasteiger partial charge in [0, 0.05) is 51.3 Å². The van der Waals surface area contributed by atoms with Crippen molar-refractivity contribution >= 4 is 35.5 Å². The Morgan fingerprint density at radius 2 is 1.98 bits per heavy atom. The van der Waals surface area contributed by atoms with Crippen molar-refractivity contribution in [3.05, 3.63) is 71.0 Å². The van der Waals surface area contributed by atoms with Gasteiger partial charge in [0.1, 0.15) is 18.1 Å². The molecule has 42 heavy (non-hydrogen) atoms. The number of carbonyl (C=O) groups is 3. The van der Waals surface area contributed by atoms with Gasteiger partial charge in [-0.2, -0.15) is 0 Å². The summed E-state index contributed by atoms with van der Waals surface area (Å²) in [5.41, 5.74) is 1.78. The molecule has 4 amide bonds. The molecule has 13 heteroatoms. The van der Waals surface area contributed by atoms with Gasteiger partial charge in [-0.05, 0) is 31.0 Å². The number of benzene rings is 2. The topological polar surface area (TPSA) is 129 Å². The largest absolute Gasteiger partial charge is 0.447 e. The fraction of sp³-hybridized carbons (Fsp3) is 0.379. The minimum atomic E-state index is -0.805. The molecule has 3 N–H and O–H groups in total. The molecule has 4 rings (SSSR count). The zero-order valence-corrected chi connectivity index (χ0v) is 24.0. The molecule has 11 nitrogen and oxygen atoms in total. The number of urea groups is 1. The van der Waals surface area contributed by atoms with Gasteiger partial charge in [-0.25, -0.2) is 14.0 Å². The van der Waals surface area contributed by atoms with E-state index in [-0.39, 0.29) is 42.8 Å². The van der Waals surface area contributed by atoms with Crippen LogP contribution in [0.4, 0.5) is 19.9 Å². The summed E-state index contributed by atoms with van der Waals surface area (Å²) < 4.78 is 24.4. The van der Waals surface area contributed by atoms with E-state index in [1.54, 1.807) is 17.0 Å². The Balaban J connectivity index is 1.36. The number of anilines is 1. The van der Waals surface area contributed by atoms with Gasteiger partial charge < -0.3 is 29.7 Å².